The number of ether oxygens (including phenoxy) is 2. The van der Waals surface area contributed by atoms with Gasteiger partial charge in [-0.3, -0.25) is 0 Å². The number of methoxy groups -OCH3 is 1. The van der Waals surface area contributed by atoms with Crippen LogP contribution in [0.4, 0.5) is 5.82 Å². The lowest BCUT2D eigenvalue weighted by Crippen LogP contribution is -2.05. The summed E-state index contributed by atoms with van der Waals surface area (Å²) in [5, 5.41) is 2.95. The van der Waals surface area contributed by atoms with E-state index >= 15 is 0 Å². The van der Waals surface area contributed by atoms with Gasteiger partial charge >= 0.3 is 0 Å². The summed E-state index contributed by atoms with van der Waals surface area (Å²) in [5.41, 5.74) is 1.31. The largest absolute Gasteiger partial charge is 0.489 e. The average Bonchev–Trinajstić information content (AvgIpc) is 2.52. The zero-order chi connectivity index (χ0) is 14.2. The molecular formula is C15H19N3O2. The van der Waals surface area contributed by atoms with E-state index in [0.717, 1.165) is 12.8 Å². The maximum absolute atomic E-state index is 5.68. The normalized spacial score (nSPS) is 10.1. The number of nitrogens with one attached hydrogen (secondary N) is 1. The van der Waals surface area contributed by atoms with Gasteiger partial charge in [-0.15, -0.1) is 0 Å². The summed E-state index contributed by atoms with van der Waals surface area (Å²) in [6, 6.07) is 10.3. The highest BCUT2D eigenvalue weighted by atomic mass is 16.5. The number of aromatic nitrogens is 2. The lowest BCUT2D eigenvalue weighted by atomic mass is 10.1. The molecule has 0 fully saturated rings. The zero-order valence-electron chi connectivity index (χ0n) is 11.8. The molecule has 0 bridgehead atoms. The second-order valence-corrected chi connectivity index (χ2v) is 4.25. The van der Waals surface area contributed by atoms with Gasteiger partial charge < -0.3 is 14.8 Å². The molecule has 5 heteroatoms. The maximum Gasteiger partial charge on any atom is 0.262 e. The van der Waals surface area contributed by atoms with Gasteiger partial charge in [0.15, 0.2) is 5.82 Å². The predicted molar refractivity (Wildman–Crippen MR) is 78.4 cm³/mol. The Morgan fingerprint density at radius 3 is 2.65 bits per heavy atom. The van der Waals surface area contributed by atoms with Crippen molar-refractivity contribution in [2.24, 2.45) is 0 Å². The van der Waals surface area contributed by atoms with E-state index in [1.165, 1.54) is 11.9 Å². The molecular weight excluding hydrogens is 254 g/mol. The summed E-state index contributed by atoms with van der Waals surface area (Å²) in [7, 11) is 3.36. The van der Waals surface area contributed by atoms with Gasteiger partial charge in [-0.25, -0.2) is 4.98 Å². The average molecular weight is 273 g/mol. The van der Waals surface area contributed by atoms with Crippen molar-refractivity contribution in [2.45, 2.75) is 12.8 Å². The molecule has 0 saturated heterocycles. The molecule has 20 heavy (non-hydrogen) atoms. The highest BCUT2D eigenvalue weighted by molar-refractivity contribution is 5.54. The Morgan fingerprint density at radius 2 is 1.95 bits per heavy atom. The Morgan fingerprint density at radius 1 is 1.15 bits per heavy atom. The summed E-state index contributed by atoms with van der Waals surface area (Å²) < 4.78 is 10.9. The van der Waals surface area contributed by atoms with Crippen LogP contribution in [0.1, 0.15) is 12.0 Å². The summed E-state index contributed by atoms with van der Waals surface area (Å²) in [4.78, 5) is 8.18. The van der Waals surface area contributed by atoms with Crippen molar-refractivity contribution in [3.8, 4) is 11.6 Å². The fraction of sp³-hybridized carbons (Fsp3) is 0.333. The second kappa shape index (κ2) is 7.33. The molecule has 0 aliphatic heterocycles. The van der Waals surface area contributed by atoms with Gasteiger partial charge in [-0.2, -0.15) is 4.98 Å². The number of rotatable bonds is 7. The van der Waals surface area contributed by atoms with E-state index in [1.54, 1.807) is 14.2 Å². The lowest BCUT2D eigenvalue weighted by molar-refractivity contribution is 0.277. The van der Waals surface area contributed by atoms with Gasteiger partial charge in [-0.1, -0.05) is 30.3 Å². The predicted octanol–water partition coefficient (Wildman–Crippen LogP) is 2.54. The molecule has 5 nitrogen and oxygen atoms in total. The van der Waals surface area contributed by atoms with Crippen LogP contribution in [0.25, 0.3) is 0 Å². The molecule has 1 N–H and O–H groups in total. The first-order valence-corrected chi connectivity index (χ1v) is 6.58. The molecule has 2 rings (SSSR count). The summed E-state index contributed by atoms with van der Waals surface area (Å²) in [6.07, 6.45) is 3.36. The van der Waals surface area contributed by atoms with E-state index in [1.807, 2.05) is 18.2 Å². The molecule has 0 aliphatic rings. The third kappa shape index (κ3) is 3.60. The third-order valence-electron chi connectivity index (χ3n) is 2.90. The van der Waals surface area contributed by atoms with Crippen molar-refractivity contribution in [3.63, 3.8) is 0 Å². The number of aryl methyl sites for hydroxylation is 1. The smallest absolute Gasteiger partial charge is 0.262 e. The molecule has 2 aromatic rings. The molecule has 0 amide bonds. The fourth-order valence-corrected chi connectivity index (χ4v) is 1.91. The first kappa shape index (κ1) is 14.1. The van der Waals surface area contributed by atoms with Gasteiger partial charge in [0.1, 0.15) is 6.33 Å². The Balaban J connectivity index is 1.88. The maximum atomic E-state index is 5.68. The molecule has 0 aliphatic carbocycles. The van der Waals surface area contributed by atoms with Crippen molar-refractivity contribution in [1.29, 1.82) is 0 Å². The Hall–Kier alpha value is -2.30. The number of benzene rings is 1. The van der Waals surface area contributed by atoms with Crippen molar-refractivity contribution < 1.29 is 9.47 Å². The Bertz CT molecular complexity index is 532. The molecule has 0 spiro atoms. The van der Waals surface area contributed by atoms with E-state index in [9.17, 15) is 0 Å². The summed E-state index contributed by atoms with van der Waals surface area (Å²) >= 11 is 0. The number of hydrogen-bond acceptors (Lipinski definition) is 5. The minimum atomic E-state index is 0.472. The number of hydrogen-bond donors (Lipinski definition) is 1. The zero-order valence-corrected chi connectivity index (χ0v) is 11.8. The van der Waals surface area contributed by atoms with Crippen molar-refractivity contribution >= 4 is 5.82 Å². The SMILES string of the molecule is CNc1ncnc(OCCCc2ccccc2)c1OC. The van der Waals surface area contributed by atoms with Gasteiger partial charge in [0.2, 0.25) is 5.75 Å². The standard InChI is InChI=1S/C15H19N3O2/c1-16-14-13(19-2)15(18-11-17-14)20-10-6-9-12-7-4-3-5-8-12/h3-5,7-8,11H,6,9-10H2,1-2H3,(H,16,17,18). The Labute approximate surface area is 119 Å². The van der Waals surface area contributed by atoms with E-state index < -0.39 is 0 Å². The quantitative estimate of drug-likeness (QED) is 0.786. The number of anilines is 1. The van der Waals surface area contributed by atoms with Crippen LogP contribution in [0, 0.1) is 0 Å². The first-order chi connectivity index (χ1) is 9.85. The first-order valence-electron chi connectivity index (χ1n) is 6.58. The van der Waals surface area contributed by atoms with Crippen LogP contribution in [0.3, 0.4) is 0 Å². The molecule has 1 aromatic heterocycles. The second-order valence-electron chi connectivity index (χ2n) is 4.25. The van der Waals surface area contributed by atoms with E-state index in [-0.39, 0.29) is 0 Å². The molecule has 1 heterocycles. The van der Waals surface area contributed by atoms with Crippen LogP contribution in [0.2, 0.25) is 0 Å². The molecule has 0 atom stereocenters. The lowest BCUT2D eigenvalue weighted by Gasteiger charge is -2.11. The monoisotopic (exact) mass is 273 g/mol. The van der Waals surface area contributed by atoms with Crippen LogP contribution in [0.15, 0.2) is 36.7 Å². The van der Waals surface area contributed by atoms with E-state index in [4.69, 9.17) is 9.47 Å². The number of nitrogens with zero attached hydrogens (tertiary/aromatic N) is 2. The fourth-order valence-electron chi connectivity index (χ4n) is 1.91. The highest BCUT2D eigenvalue weighted by Gasteiger charge is 2.11. The van der Waals surface area contributed by atoms with E-state index in [2.05, 4.69) is 27.4 Å². The Kier molecular flexibility index (Phi) is 5.17. The molecule has 0 unspecified atom stereocenters. The highest BCUT2D eigenvalue weighted by Crippen LogP contribution is 2.30. The van der Waals surface area contributed by atoms with Crippen LogP contribution in [-0.4, -0.2) is 30.7 Å². The van der Waals surface area contributed by atoms with Gasteiger partial charge in [0.05, 0.1) is 13.7 Å². The molecule has 0 radical (unpaired) electrons. The molecule has 106 valence electrons. The van der Waals surface area contributed by atoms with Gasteiger partial charge in [0.25, 0.3) is 5.88 Å². The summed E-state index contributed by atoms with van der Waals surface area (Å²) in [6.45, 7) is 0.589. The van der Waals surface area contributed by atoms with Gasteiger partial charge in [0, 0.05) is 7.05 Å². The minimum absolute atomic E-state index is 0.472. The third-order valence-corrected chi connectivity index (χ3v) is 2.90. The van der Waals surface area contributed by atoms with E-state index in [0.29, 0.717) is 24.1 Å². The van der Waals surface area contributed by atoms with Crippen molar-refractivity contribution in [2.75, 3.05) is 26.1 Å². The minimum Gasteiger partial charge on any atom is -0.489 e. The molecule has 0 saturated carbocycles. The van der Waals surface area contributed by atoms with Crippen molar-refractivity contribution in [1.82, 2.24) is 9.97 Å². The van der Waals surface area contributed by atoms with Gasteiger partial charge in [-0.05, 0) is 18.4 Å². The summed E-state index contributed by atoms with van der Waals surface area (Å²) in [5.74, 6) is 1.63. The molecule has 1 aromatic carbocycles. The van der Waals surface area contributed by atoms with Crippen molar-refractivity contribution in [3.05, 3.63) is 42.2 Å². The van der Waals surface area contributed by atoms with Crippen LogP contribution >= 0.6 is 0 Å². The van der Waals surface area contributed by atoms with Crippen LogP contribution in [-0.2, 0) is 6.42 Å². The van der Waals surface area contributed by atoms with Crippen LogP contribution in [0.5, 0.6) is 11.6 Å². The van der Waals surface area contributed by atoms with Crippen LogP contribution < -0.4 is 14.8 Å². The topological polar surface area (TPSA) is 56.3 Å².